The van der Waals surface area contributed by atoms with Crippen LogP contribution < -0.4 is 21.2 Å². The molecule has 4 rings (SSSR count). The van der Waals surface area contributed by atoms with Gasteiger partial charge in [-0.2, -0.15) is 0 Å². The quantitative estimate of drug-likeness (QED) is 0.770. The zero-order valence-electron chi connectivity index (χ0n) is 15.7. The van der Waals surface area contributed by atoms with E-state index in [1.807, 2.05) is 0 Å². The normalized spacial score (nSPS) is 16.6. The lowest BCUT2D eigenvalue weighted by molar-refractivity contribution is 0.791. The Balaban J connectivity index is 1.90. The molecule has 0 unspecified atom stereocenters. The van der Waals surface area contributed by atoms with Crippen molar-refractivity contribution in [2.24, 2.45) is 0 Å². The molecule has 2 aliphatic rings. The van der Waals surface area contributed by atoms with E-state index in [4.69, 9.17) is 0 Å². The van der Waals surface area contributed by atoms with Gasteiger partial charge in [0.2, 0.25) is 0 Å². The highest BCUT2D eigenvalue weighted by Gasteiger charge is 2.33. The zero-order chi connectivity index (χ0) is 17.4. The Morgan fingerprint density at radius 2 is 1.24 bits per heavy atom. The molecule has 2 aromatic carbocycles. The Morgan fingerprint density at radius 1 is 0.760 bits per heavy atom. The van der Waals surface area contributed by atoms with Crippen LogP contribution in [-0.4, -0.2) is 18.2 Å². The third-order valence-electron chi connectivity index (χ3n) is 5.26. The molecule has 0 saturated carbocycles. The standard InChI is InChI=1S/C22H29N2P/c1-22(2,3)25(18-12-4-8-16-10-6-14-23-20(16)18)19-13-5-9-17-11-7-15-24-21(17)19/h4-5,8-9,12-13,23-24H,6-7,10-11,14-15H2,1-3H3. The summed E-state index contributed by atoms with van der Waals surface area (Å²) in [5, 5.41) is 10.7. The summed E-state index contributed by atoms with van der Waals surface area (Å²) in [5.74, 6) is 0. The molecule has 0 atom stereocenters. The maximum Gasteiger partial charge on any atom is 0.0454 e. The summed E-state index contributed by atoms with van der Waals surface area (Å²) in [6.07, 6.45) is 4.89. The highest BCUT2D eigenvalue weighted by Crippen LogP contribution is 2.51. The first-order valence-electron chi connectivity index (χ1n) is 9.57. The summed E-state index contributed by atoms with van der Waals surface area (Å²) >= 11 is 0. The Hall–Kier alpha value is -1.53. The van der Waals surface area contributed by atoms with Gasteiger partial charge in [-0.3, -0.25) is 0 Å². The summed E-state index contributed by atoms with van der Waals surface area (Å²) in [4.78, 5) is 0. The molecule has 0 bridgehead atoms. The topological polar surface area (TPSA) is 24.1 Å². The van der Waals surface area contributed by atoms with E-state index in [1.165, 1.54) is 58.8 Å². The molecule has 25 heavy (non-hydrogen) atoms. The van der Waals surface area contributed by atoms with Crippen LogP contribution in [0.1, 0.15) is 44.7 Å². The maximum atomic E-state index is 3.73. The van der Waals surface area contributed by atoms with Gasteiger partial charge in [-0.1, -0.05) is 57.2 Å². The predicted molar refractivity (Wildman–Crippen MR) is 112 cm³/mol. The van der Waals surface area contributed by atoms with Crippen molar-refractivity contribution in [3.8, 4) is 0 Å². The molecule has 2 heterocycles. The van der Waals surface area contributed by atoms with Crippen LogP contribution in [0.5, 0.6) is 0 Å². The van der Waals surface area contributed by atoms with Gasteiger partial charge < -0.3 is 10.6 Å². The van der Waals surface area contributed by atoms with E-state index in [9.17, 15) is 0 Å². The summed E-state index contributed by atoms with van der Waals surface area (Å²) in [6, 6.07) is 13.9. The van der Waals surface area contributed by atoms with Crippen LogP contribution in [0, 0.1) is 0 Å². The average Bonchev–Trinajstić information content (AvgIpc) is 2.61. The predicted octanol–water partition coefficient (Wildman–Crippen LogP) is 4.63. The van der Waals surface area contributed by atoms with E-state index in [1.54, 1.807) is 0 Å². The van der Waals surface area contributed by atoms with Crippen molar-refractivity contribution < 1.29 is 0 Å². The second-order valence-corrected chi connectivity index (χ2v) is 11.2. The Morgan fingerprint density at radius 3 is 1.68 bits per heavy atom. The molecule has 132 valence electrons. The van der Waals surface area contributed by atoms with Crippen LogP contribution in [0.4, 0.5) is 11.4 Å². The fourth-order valence-corrected chi connectivity index (χ4v) is 7.28. The molecule has 0 aliphatic carbocycles. The number of hydrogen-bond donors (Lipinski definition) is 2. The van der Waals surface area contributed by atoms with Crippen LogP contribution in [0.2, 0.25) is 0 Å². The number of anilines is 2. The van der Waals surface area contributed by atoms with Gasteiger partial charge in [-0.05, 0) is 49.9 Å². The molecule has 3 heteroatoms. The van der Waals surface area contributed by atoms with Crippen LogP contribution in [-0.2, 0) is 12.8 Å². The minimum absolute atomic E-state index is 0.220. The van der Waals surface area contributed by atoms with Crippen molar-refractivity contribution in [3.05, 3.63) is 47.5 Å². The number of aryl methyl sites for hydroxylation is 2. The second kappa shape index (κ2) is 6.65. The molecule has 2 aromatic rings. The van der Waals surface area contributed by atoms with Crippen molar-refractivity contribution in [1.82, 2.24) is 0 Å². The lowest BCUT2D eigenvalue weighted by atomic mass is 10.0. The number of nitrogens with one attached hydrogen (secondary N) is 2. The van der Waals surface area contributed by atoms with Gasteiger partial charge in [0.1, 0.15) is 0 Å². The molecule has 0 aromatic heterocycles. The monoisotopic (exact) mass is 352 g/mol. The number of benzene rings is 2. The first-order valence-corrected chi connectivity index (χ1v) is 10.9. The molecular weight excluding hydrogens is 323 g/mol. The molecule has 2 nitrogen and oxygen atoms in total. The summed E-state index contributed by atoms with van der Waals surface area (Å²) in [7, 11) is -0.446. The molecule has 2 N–H and O–H groups in total. The Bertz CT molecular complexity index is 717. The van der Waals surface area contributed by atoms with Gasteiger partial charge in [0.05, 0.1) is 0 Å². The SMILES string of the molecule is CC(C)(C)P(c1cccc2c1NCCC2)c1cccc2c1NCCC2. The van der Waals surface area contributed by atoms with Crippen LogP contribution in [0.15, 0.2) is 36.4 Å². The fourth-order valence-electron chi connectivity index (χ4n) is 4.21. The van der Waals surface area contributed by atoms with Crippen LogP contribution in [0.25, 0.3) is 0 Å². The fraction of sp³-hybridized carbons (Fsp3) is 0.455. The third kappa shape index (κ3) is 3.17. The number of para-hydroxylation sites is 2. The highest BCUT2D eigenvalue weighted by molar-refractivity contribution is 7.75. The number of fused-ring (bicyclic) bond motifs is 2. The molecule has 0 fully saturated rings. The molecule has 0 radical (unpaired) electrons. The molecule has 0 spiro atoms. The first-order chi connectivity index (χ1) is 12.1. The van der Waals surface area contributed by atoms with Gasteiger partial charge >= 0.3 is 0 Å². The zero-order valence-corrected chi connectivity index (χ0v) is 16.5. The van der Waals surface area contributed by atoms with Crippen molar-refractivity contribution >= 4 is 29.9 Å². The van der Waals surface area contributed by atoms with E-state index in [0.29, 0.717) is 0 Å². The summed E-state index contributed by atoms with van der Waals surface area (Å²) in [6.45, 7) is 9.42. The van der Waals surface area contributed by atoms with E-state index in [0.717, 1.165) is 13.1 Å². The van der Waals surface area contributed by atoms with E-state index in [-0.39, 0.29) is 5.16 Å². The lowest BCUT2D eigenvalue weighted by Crippen LogP contribution is -2.32. The van der Waals surface area contributed by atoms with Crippen LogP contribution >= 0.6 is 7.92 Å². The number of hydrogen-bond acceptors (Lipinski definition) is 2. The lowest BCUT2D eigenvalue weighted by Gasteiger charge is -2.37. The molecule has 0 amide bonds. The summed E-state index contributed by atoms with van der Waals surface area (Å²) in [5.41, 5.74) is 5.84. The highest BCUT2D eigenvalue weighted by atomic mass is 31.1. The summed E-state index contributed by atoms with van der Waals surface area (Å²) < 4.78 is 0. The smallest absolute Gasteiger partial charge is 0.0454 e. The van der Waals surface area contributed by atoms with E-state index < -0.39 is 7.92 Å². The van der Waals surface area contributed by atoms with Crippen molar-refractivity contribution in [2.45, 2.75) is 51.6 Å². The molecular formula is C22H29N2P. The van der Waals surface area contributed by atoms with Gasteiger partial charge in [0.15, 0.2) is 0 Å². The minimum atomic E-state index is -0.446. The number of rotatable bonds is 2. The van der Waals surface area contributed by atoms with Crippen molar-refractivity contribution in [1.29, 1.82) is 0 Å². The molecule has 0 saturated heterocycles. The van der Waals surface area contributed by atoms with E-state index in [2.05, 4.69) is 67.8 Å². The van der Waals surface area contributed by atoms with Crippen LogP contribution in [0.3, 0.4) is 0 Å². The van der Waals surface area contributed by atoms with Crippen molar-refractivity contribution in [2.75, 3.05) is 23.7 Å². The maximum absolute atomic E-state index is 3.73. The first kappa shape index (κ1) is 16.9. The Labute approximate surface area is 153 Å². The minimum Gasteiger partial charge on any atom is -0.384 e. The van der Waals surface area contributed by atoms with E-state index >= 15 is 0 Å². The molecule has 2 aliphatic heterocycles. The van der Waals surface area contributed by atoms with Gasteiger partial charge in [-0.25, -0.2) is 0 Å². The van der Waals surface area contributed by atoms with Gasteiger partial charge in [0, 0.05) is 35.1 Å². The van der Waals surface area contributed by atoms with Gasteiger partial charge in [-0.15, -0.1) is 0 Å². The third-order valence-corrected chi connectivity index (χ3v) is 8.31. The largest absolute Gasteiger partial charge is 0.384 e. The van der Waals surface area contributed by atoms with Crippen molar-refractivity contribution in [3.63, 3.8) is 0 Å². The average molecular weight is 352 g/mol. The Kier molecular flexibility index (Phi) is 4.50. The van der Waals surface area contributed by atoms with Gasteiger partial charge in [0.25, 0.3) is 0 Å². The second-order valence-electron chi connectivity index (χ2n) is 8.19.